The summed E-state index contributed by atoms with van der Waals surface area (Å²) in [5.74, 6) is 0.950. The van der Waals surface area contributed by atoms with E-state index in [2.05, 4.69) is 42.6 Å². The molecule has 0 radical (unpaired) electrons. The van der Waals surface area contributed by atoms with Crippen LogP contribution in [0.3, 0.4) is 0 Å². The standard InChI is InChI=1S/C15H19N3O.C2H6/c1-10-4-5-11(2)15(19-3)14(10)12-6-17-18(9-12)13-7-16-8-13;1-2/h4-6,9,13,16H,7-8H2,1-3H3;1-2H3. The van der Waals surface area contributed by atoms with E-state index < -0.39 is 0 Å². The van der Waals surface area contributed by atoms with Gasteiger partial charge in [0.25, 0.3) is 0 Å². The molecule has 1 fully saturated rings. The highest BCUT2D eigenvalue weighted by molar-refractivity contribution is 5.74. The first-order valence-electron chi connectivity index (χ1n) is 7.60. The summed E-state index contributed by atoms with van der Waals surface area (Å²) in [5.41, 5.74) is 4.65. The number of aryl methyl sites for hydroxylation is 2. The van der Waals surface area contributed by atoms with Gasteiger partial charge in [0.1, 0.15) is 5.75 Å². The molecule has 1 aliphatic rings. The van der Waals surface area contributed by atoms with E-state index in [-0.39, 0.29) is 0 Å². The van der Waals surface area contributed by atoms with Crippen LogP contribution in [0.2, 0.25) is 0 Å². The van der Waals surface area contributed by atoms with Crippen LogP contribution in [0.4, 0.5) is 0 Å². The number of ether oxygens (including phenoxy) is 1. The number of nitrogens with zero attached hydrogens (tertiary/aromatic N) is 2. The van der Waals surface area contributed by atoms with Crippen molar-refractivity contribution in [1.29, 1.82) is 0 Å². The lowest BCUT2D eigenvalue weighted by atomic mass is 9.99. The number of nitrogens with one attached hydrogen (secondary N) is 1. The van der Waals surface area contributed by atoms with E-state index in [0.717, 1.165) is 35.5 Å². The molecule has 1 N–H and O–H groups in total. The van der Waals surface area contributed by atoms with E-state index in [4.69, 9.17) is 4.74 Å². The lowest BCUT2D eigenvalue weighted by Gasteiger charge is -2.27. The lowest BCUT2D eigenvalue weighted by Crippen LogP contribution is -2.43. The second-order valence-electron chi connectivity index (χ2n) is 5.13. The molecule has 3 rings (SSSR count). The predicted molar refractivity (Wildman–Crippen MR) is 86.9 cm³/mol. The Morgan fingerprint density at radius 3 is 2.43 bits per heavy atom. The minimum absolute atomic E-state index is 0.491. The number of benzene rings is 1. The maximum Gasteiger partial charge on any atom is 0.129 e. The molecule has 0 aliphatic carbocycles. The van der Waals surface area contributed by atoms with Gasteiger partial charge in [-0.15, -0.1) is 0 Å². The normalized spacial score (nSPS) is 14.1. The number of rotatable bonds is 3. The van der Waals surface area contributed by atoms with Gasteiger partial charge in [-0.1, -0.05) is 26.0 Å². The van der Waals surface area contributed by atoms with Crippen LogP contribution in [0, 0.1) is 13.8 Å². The maximum absolute atomic E-state index is 5.57. The van der Waals surface area contributed by atoms with E-state index in [9.17, 15) is 0 Å². The fraction of sp³-hybridized carbons (Fsp3) is 0.471. The van der Waals surface area contributed by atoms with Crippen LogP contribution in [0.15, 0.2) is 24.5 Å². The molecule has 1 saturated heterocycles. The first kappa shape index (κ1) is 15.6. The third kappa shape index (κ3) is 2.95. The second kappa shape index (κ2) is 6.76. The van der Waals surface area contributed by atoms with Crippen LogP contribution in [-0.2, 0) is 0 Å². The molecule has 1 aromatic heterocycles. The molecule has 0 bridgehead atoms. The molecule has 0 atom stereocenters. The molecule has 1 aromatic carbocycles. The van der Waals surface area contributed by atoms with E-state index in [1.54, 1.807) is 7.11 Å². The van der Waals surface area contributed by atoms with Gasteiger partial charge in [-0.3, -0.25) is 4.68 Å². The number of aromatic nitrogens is 2. The smallest absolute Gasteiger partial charge is 0.129 e. The Morgan fingerprint density at radius 1 is 1.19 bits per heavy atom. The second-order valence-corrected chi connectivity index (χ2v) is 5.13. The fourth-order valence-corrected chi connectivity index (χ4v) is 2.53. The third-order valence-corrected chi connectivity index (χ3v) is 3.79. The van der Waals surface area contributed by atoms with Crippen LogP contribution < -0.4 is 10.1 Å². The van der Waals surface area contributed by atoms with Gasteiger partial charge in [0, 0.05) is 30.4 Å². The van der Waals surface area contributed by atoms with Crippen molar-refractivity contribution in [1.82, 2.24) is 15.1 Å². The van der Waals surface area contributed by atoms with Crippen LogP contribution in [0.25, 0.3) is 11.1 Å². The van der Waals surface area contributed by atoms with Crippen molar-refractivity contribution >= 4 is 0 Å². The highest BCUT2D eigenvalue weighted by Gasteiger charge is 2.21. The molecule has 2 heterocycles. The highest BCUT2D eigenvalue weighted by atomic mass is 16.5. The zero-order valence-corrected chi connectivity index (χ0v) is 13.6. The lowest BCUT2D eigenvalue weighted by molar-refractivity contribution is 0.318. The summed E-state index contributed by atoms with van der Waals surface area (Å²) in [7, 11) is 1.73. The molecule has 114 valence electrons. The zero-order valence-electron chi connectivity index (χ0n) is 13.6. The Kier molecular flexibility index (Phi) is 5.02. The minimum atomic E-state index is 0.491. The molecule has 0 spiro atoms. The van der Waals surface area contributed by atoms with Crippen molar-refractivity contribution in [2.24, 2.45) is 0 Å². The molecule has 4 nitrogen and oxygen atoms in total. The summed E-state index contributed by atoms with van der Waals surface area (Å²) in [6.45, 7) is 10.2. The quantitative estimate of drug-likeness (QED) is 0.941. The maximum atomic E-state index is 5.57. The molecule has 0 saturated carbocycles. The van der Waals surface area contributed by atoms with Crippen molar-refractivity contribution < 1.29 is 4.74 Å². The molecule has 4 heteroatoms. The average molecular weight is 287 g/mol. The molecule has 0 unspecified atom stereocenters. The van der Waals surface area contributed by atoms with Crippen molar-refractivity contribution in [3.05, 3.63) is 35.7 Å². The molecule has 2 aromatic rings. The SMILES string of the molecule is CC.COc1c(C)ccc(C)c1-c1cnn(C2CNC2)c1. The number of methoxy groups -OCH3 is 1. The monoisotopic (exact) mass is 287 g/mol. The van der Waals surface area contributed by atoms with E-state index in [1.807, 2.05) is 24.7 Å². The van der Waals surface area contributed by atoms with Gasteiger partial charge in [-0.25, -0.2) is 0 Å². The van der Waals surface area contributed by atoms with Gasteiger partial charge in [0.05, 0.1) is 19.3 Å². The molecular weight excluding hydrogens is 262 g/mol. The first-order chi connectivity index (χ1) is 10.2. The Bertz CT molecular complexity index is 600. The number of hydrogen-bond acceptors (Lipinski definition) is 3. The average Bonchev–Trinajstić information content (AvgIpc) is 2.90. The third-order valence-electron chi connectivity index (χ3n) is 3.79. The molecule has 21 heavy (non-hydrogen) atoms. The topological polar surface area (TPSA) is 39.1 Å². The largest absolute Gasteiger partial charge is 0.496 e. The summed E-state index contributed by atoms with van der Waals surface area (Å²) in [5, 5.41) is 7.75. The Balaban J connectivity index is 0.000000774. The summed E-state index contributed by atoms with van der Waals surface area (Å²) < 4.78 is 7.62. The molecule has 1 aliphatic heterocycles. The van der Waals surface area contributed by atoms with Crippen LogP contribution >= 0.6 is 0 Å². The van der Waals surface area contributed by atoms with Gasteiger partial charge >= 0.3 is 0 Å². The Hall–Kier alpha value is -1.81. The van der Waals surface area contributed by atoms with Gasteiger partial charge in [-0.05, 0) is 25.0 Å². The minimum Gasteiger partial charge on any atom is -0.496 e. The van der Waals surface area contributed by atoms with Gasteiger partial charge < -0.3 is 10.1 Å². The first-order valence-corrected chi connectivity index (χ1v) is 7.60. The molecular formula is C17H25N3O. The zero-order chi connectivity index (χ0) is 15.4. The number of hydrogen-bond donors (Lipinski definition) is 1. The van der Waals surface area contributed by atoms with Crippen molar-refractivity contribution in [2.75, 3.05) is 20.2 Å². The van der Waals surface area contributed by atoms with Crippen LogP contribution in [0.1, 0.15) is 31.0 Å². The molecule has 0 amide bonds. The summed E-state index contributed by atoms with van der Waals surface area (Å²) in [6.07, 6.45) is 4.05. The summed E-state index contributed by atoms with van der Waals surface area (Å²) in [6, 6.07) is 4.72. The fourth-order valence-electron chi connectivity index (χ4n) is 2.53. The van der Waals surface area contributed by atoms with Crippen molar-refractivity contribution in [3.63, 3.8) is 0 Å². The Morgan fingerprint density at radius 2 is 1.86 bits per heavy atom. The highest BCUT2D eigenvalue weighted by Crippen LogP contribution is 2.35. The predicted octanol–water partition coefficient (Wildman–Crippen LogP) is 3.35. The van der Waals surface area contributed by atoms with Gasteiger partial charge in [0.15, 0.2) is 0 Å². The van der Waals surface area contributed by atoms with Crippen LogP contribution in [0.5, 0.6) is 5.75 Å². The van der Waals surface area contributed by atoms with Crippen molar-refractivity contribution in [3.8, 4) is 16.9 Å². The van der Waals surface area contributed by atoms with E-state index in [0.29, 0.717) is 6.04 Å². The van der Waals surface area contributed by atoms with E-state index >= 15 is 0 Å². The summed E-state index contributed by atoms with van der Waals surface area (Å²) in [4.78, 5) is 0. The van der Waals surface area contributed by atoms with E-state index in [1.165, 1.54) is 5.56 Å². The van der Waals surface area contributed by atoms with Gasteiger partial charge in [-0.2, -0.15) is 5.10 Å². The van der Waals surface area contributed by atoms with Gasteiger partial charge in [0.2, 0.25) is 0 Å². The van der Waals surface area contributed by atoms with Crippen molar-refractivity contribution in [2.45, 2.75) is 33.7 Å². The van der Waals surface area contributed by atoms with Crippen LogP contribution in [-0.4, -0.2) is 30.0 Å². The summed E-state index contributed by atoms with van der Waals surface area (Å²) >= 11 is 0. The Labute approximate surface area is 127 Å².